The van der Waals surface area contributed by atoms with Gasteiger partial charge in [-0.15, -0.1) is 12.4 Å². The van der Waals surface area contributed by atoms with Crippen LogP contribution in [-0.2, 0) is 4.79 Å². The van der Waals surface area contributed by atoms with Crippen molar-refractivity contribution in [3.8, 4) is 11.5 Å². The monoisotopic (exact) mass is 432 g/mol. The van der Waals surface area contributed by atoms with E-state index in [4.69, 9.17) is 15.2 Å². The zero-order valence-corrected chi connectivity index (χ0v) is 17.2. The number of amides is 3. The minimum Gasteiger partial charge on any atom is -0.454 e. The van der Waals surface area contributed by atoms with E-state index in [0.29, 0.717) is 23.7 Å². The van der Waals surface area contributed by atoms with Gasteiger partial charge in [-0.3, -0.25) is 15.0 Å². The van der Waals surface area contributed by atoms with Gasteiger partial charge in [0.15, 0.2) is 11.5 Å². The van der Waals surface area contributed by atoms with Crippen molar-refractivity contribution in [3.63, 3.8) is 0 Å². The van der Waals surface area contributed by atoms with E-state index in [2.05, 4.69) is 22.8 Å². The van der Waals surface area contributed by atoms with E-state index in [0.717, 1.165) is 13.1 Å². The molecule has 8 nitrogen and oxygen atoms in total. The largest absolute Gasteiger partial charge is 0.454 e. The second kappa shape index (κ2) is 9.80. The molecule has 2 heterocycles. The topological polar surface area (TPSA) is 106 Å². The molecule has 4 N–H and O–H groups in total. The number of halogens is 1. The average molecular weight is 433 g/mol. The number of fused-ring (bicyclic) bond motifs is 1. The number of nitrogens with zero attached hydrogens (tertiary/aromatic N) is 1. The highest BCUT2D eigenvalue weighted by Crippen LogP contribution is 2.34. The number of rotatable bonds is 5. The summed E-state index contributed by atoms with van der Waals surface area (Å²) < 4.78 is 10.5. The Labute approximate surface area is 181 Å². The van der Waals surface area contributed by atoms with Gasteiger partial charge in [0.25, 0.3) is 0 Å². The molecule has 0 spiro atoms. The second-order valence-corrected chi connectivity index (χ2v) is 7.28. The second-order valence-electron chi connectivity index (χ2n) is 7.28. The molecular weight excluding hydrogens is 408 g/mol. The van der Waals surface area contributed by atoms with Crippen LogP contribution in [0.4, 0.5) is 10.5 Å². The Morgan fingerprint density at radius 3 is 2.60 bits per heavy atom. The summed E-state index contributed by atoms with van der Waals surface area (Å²) in [5, 5.41) is 5.01. The van der Waals surface area contributed by atoms with Crippen molar-refractivity contribution >= 4 is 30.0 Å². The van der Waals surface area contributed by atoms with Crippen LogP contribution < -0.4 is 25.8 Å². The first-order chi connectivity index (χ1) is 14.1. The summed E-state index contributed by atoms with van der Waals surface area (Å²) in [7, 11) is 0. The molecule has 30 heavy (non-hydrogen) atoms. The highest BCUT2D eigenvalue weighted by molar-refractivity contribution is 6.01. The number of urea groups is 1. The van der Waals surface area contributed by atoms with Crippen molar-refractivity contribution in [1.82, 2.24) is 10.2 Å². The number of nitrogens with one attached hydrogen (secondary N) is 2. The molecule has 0 radical (unpaired) electrons. The Kier molecular flexibility index (Phi) is 7.15. The van der Waals surface area contributed by atoms with Gasteiger partial charge < -0.3 is 20.5 Å². The van der Waals surface area contributed by atoms with E-state index in [9.17, 15) is 9.59 Å². The van der Waals surface area contributed by atoms with Crippen LogP contribution in [0.2, 0.25) is 0 Å². The normalized spacial score (nSPS) is 19.8. The molecule has 9 heteroatoms. The van der Waals surface area contributed by atoms with Gasteiger partial charge in [0.1, 0.15) is 0 Å². The molecule has 2 aliphatic rings. The Balaban J connectivity index is 0.00000256. The fourth-order valence-electron chi connectivity index (χ4n) is 3.91. The SMILES string of the molecule is Cl.NC[C@@H]1CN(CC(=O)NC(=O)Nc2ccc3c(c2)OCO3)C[C@H]1c1ccccc1. The fourth-order valence-corrected chi connectivity index (χ4v) is 3.91. The first-order valence-electron chi connectivity index (χ1n) is 9.60. The lowest BCUT2D eigenvalue weighted by Gasteiger charge is -2.16. The molecule has 2 aromatic rings. The van der Waals surface area contributed by atoms with Crippen LogP contribution >= 0.6 is 12.4 Å². The number of ether oxygens (including phenoxy) is 2. The third-order valence-corrected chi connectivity index (χ3v) is 5.30. The molecule has 3 amide bonds. The summed E-state index contributed by atoms with van der Waals surface area (Å²) in [4.78, 5) is 26.5. The summed E-state index contributed by atoms with van der Waals surface area (Å²) >= 11 is 0. The van der Waals surface area contributed by atoms with Gasteiger partial charge in [-0.05, 0) is 30.2 Å². The Bertz CT molecular complexity index is 896. The van der Waals surface area contributed by atoms with Gasteiger partial charge in [-0.25, -0.2) is 4.79 Å². The van der Waals surface area contributed by atoms with Crippen LogP contribution in [-0.4, -0.2) is 49.8 Å². The van der Waals surface area contributed by atoms with E-state index in [1.54, 1.807) is 18.2 Å². The molecule has 1 fully saturated rings. The highest BCUT2D eigenvalue weighted by atomic mass is 35.5. The quantitative estimate of drug-likeness (QED) is 0.668. The van der Waals surface area contributed by atoms with Crippen LogP contribution in [0, 0.1) is 5.92 Å². The van der Waals surface area contributed by atoms with E-state index in [1.165, 1.54) is 5.56 Å². The zero-order valence-electron chi connectivity index (χ0n) is 16.4. The van der Waals surface area contributed by atoms with Crippen LogP contribution in [0.1, 0.15) is 11.5 Å². The summed E-state index contributed by atoms with van der Waals surface area (Å²) in [6.45, 7) is 2.33. The number of hydrogen-bond acceptors (Lipinski definition) is 6. The van der Waals surface area contributed by atoms with Gasteiger partial charge in [0, 0.05) is 30.8 Å². The Morgan fingerprint density at radius 1 is 1.07 bits per heavy atom. The molecule has 0 saturated carbocycles. The van der Waals surface area contributed by atoms with Crippen molar-refractivity contribution in [2.24, 2.45) is 11.7 Å². The fraction of sp³-hybridized carbons (Fsp3) is 0.333. The summed E-state index contributed by atoms with van der Waals surface area (Å²) in [6, 6.07) is 14.7. The number of imide groups is 1. The summed E-state index contributed by atoms with van der Waals surface area (Å²) in [6.07, 6.45) is 0. The van der Waals surface area contributed by atoms with Gasteiger partial charge in [0.2, 0.25) is 12.7 Å². The van der Waals surface area contributed by atoms with Crippen molar-refractivity contribution in [2.75, 3.05) is 38.3 Å². The minimum absolute atomic E-state index is 0. The number of likely N-dealkylation sites (tertiary alicyclic amines) is 1. The van der Waals surface area contributed by atoms with E-state index >= 15 is 0 Å². The maximum absolute atomic E-state index is 12.3. The number of nitrogens with two attached hydrogens (primary N) is 1. The van der Waals surface area contributed by atoms with Crippen LogP contribution in [0.3, 0.4) is 0 Å². The molecule has 0 bridgehead atoms. The van der Waals surface area contributed by atoms with Gasteiger partial charge >= 0.3 is 6.03 Å². The van der Waals surface area contributed by atoms with Crippen molar-refractivity contribution in [1.29, 1.82) is 0 Å². The molecule has 0 unspecified atom stereocenters. The predicted octanol–water partition coefficient (Wildman–Crippen LogP) is 2.16. The third-order valence-electron chi connectivity index (χ3n) is 5.30. The molecule has 0 aliphatic carbocycles. The van der Waals surface area contributed by atoms with E-state index in [-0.39, 0.29) is 43.5 Å². The van der Waals surface area contributed by atoms with Gasteiger partial charge in [-0.1, -0.05) is 30.3 Å². The smallest absolute Gasteiger partial charge is 0.325 e. The van der Waals surface area contributed by atoms with Gasteiger partial charge in [0.05, 0.1) is 6.54 Å². The predicted molar refractivity (Wildman–Crippen MR) is 115 cm³/mol. The third kappa shape index (κ3) is 5.02. The highest BCUT2D eigenvalue weighted by Gasteiger charge is 2.33. The Hall–Kier alpha value is -2.81. The van der Waals surface area contributed by atoms with E-state index in [1.807, 2.05) is 23.1 Å². The molecule has 2 aliphatic heterocycles. The average Bonchev–Trinajstić information content (AvgIpc) is 3.34. The van der Waals surface area contributed by atoms with Crippen molar-refractivity contribution < 1.29 is 19.1 Å². The number of anilines is 1. The lowest BCUT2D eigenvalue weighted by atomic mass is 9.89. The summed E-state index contributed by atoms with van der Waals surface area (Å²) in [5.41, 5.74) is 7.70. The van der Waals surface area contributed by atoms with Crippen LogP contribution in [0.5, 0.6) is 11.5 Å². The lowest BCUT2D eigenvalue weighted by Crippen LogP contribution is -2.41. The maximum Gasteiger partial charge on any atom is 0.325 e. The van der Waals surface area contributed by atoms with Gasteiger partial charge in [-0.2, -0.15) is 0 Å². The summed E-state index contributed by atoms with van der Waals surface area (Å²) in [5.74, 6) is 1.41. The molecule has 4 rings (SSSR count). The number of carbonyl (C=O) groups is 2. The van der Waals surface area contributed by atoms with Crippen molar-refractivity contribution in [2.45, 2.75) is 5.92 Å². The molecular formula is C21H25ClN4O4. The molecule has 160 valence electrons. The molecule has 0 aromatic heterocycles. The molecule has 2 aromatic carbocycles. The van der Waals surface area contributed by atoms with Crippen LogP contribution in [0.25, 0.3) is 0 Å². The Morgan fingerprint density at radius 2 is 1.83 bits per heavy atom. The standard InChI is InChI=1S/C21H24N4O4.ClH/c22-9-15-10-25(11-17(15)14-4-2-1-3-5-14)12-20(26)24-21(27)23-16-6-7-18-19(8-16)29-13-28-18;/h1-8,15,17H,9-13,22H2,(H2,23,24,26,27);1H/t15-,17+;/m1./s1. The first kappa shape index (κ1) is 21.9. The van der Waals surface area contributed by atoms with Crippen LogP contribution in [0.15, 0.2) is 48.5 Å². The maximum atomic E-state index is 12.3. The number of hydrogen-bond donors (Lipinski definition) is 3. The lowest BCUT2D eigenvalue weighted by molar-refractivity contribution is -0.120. The zero-order chi connectivity index (χ0) is 20.2. The first-order valence-corrected chi connectivity index (χ1v) is 9.60. The molecule has 2 atom stereocenters. The van der Waals surface area contributed by atoms with Crippen molar-refractivity contribution in [3.05, 3.63) is 54.1 Å². The minimum atomic E-state index is -0.581. The van der Waals surface area contributed by atoms with E-state index < -0.39 is 6.03 Å². The molecule has 1 saturated heterocycles. The number of carbonyl (C=O) groups excluding carboxylic acids is 2. The number of benzene rings is 2.